The summed E-state index contributed by atoms with van der Waals surface area (Å²) in [7, 11) is 1.77. The van der Waals surface area contributed by atoms with Crippen molar-refractivity contribution in [2.24, 2.45) is 11.8 Å². The number of hydrogen-bond acceptors (Lipinski definition) is 3. The molecule has 110 valence electrons. The van der Waals surface area contributed by atoms with Crippen LogP contribution in [0.5, 0.6) is 0 Å². The number of carbonyl (C=O) groups excluding carboxylic acids is 1. The van der Waals surface area contributed by atoms with Gasteiger partial charge < -0.3 is 9.80 Å². The monoisotopic (exact) mass is 267 g/mol. The quantitative estimate of drug-likeness (QED) is 0.644. The fourth-order valence-corrected chi connectivity index (χ4v) is 2.08. The molecule has 0 saturated heterocycles. The first-order chi connectivity index (χ1) is 8.86. The van der Waals surface area contributed by atoms with Crippen LogP contribution in [-0.4, -0.2) is 48.9 Å². The SMILES string of the molecule is CC(C)CN(CCC(=O)N(C)CCC#N)CC(C)C. The first kappa shape index (κ1) is 17.9. The lowest BCUT2D eigenvalue weighted by molar-refractivity contribution is -0.130. The predicted octanol–water partition coefficient (Wildman–Crippen LogP) is 2.36. The minimum Gasteiger partial charge on any atom is -0.345 e. The van der Waals surface area contributed by atoms with E-state index in [1.165, 1.54) is 0 Å². The Kier molecular flexibility index (Phi) is 9.24. The first-order valence-electron chi connectivity index (χ1n) is 7.20. The van der Waals surface area contributed by atoms with Gasteiger partial charge in [-0.15, -0.1) is 0 Å². The average Bonchev–Trinajstić information content (AvgIpc) is 2.31. The highest BCUT2D eigenvalue weighted by atomic mass is 16.2. The lowest BCUT2D eigenvalue weighted by Crippen LogP contribution is -2.36. The predicted molar refractivity (Wildman–Crippen MR) is 78.6 cm³/mol. The summed E-state index contributed by atoms with van der Waals surface area (Å²) in [6.07, 6.45) is 0.950. The van der Waals surface area contributed by atoms with Crippen LogP contribution in [0.3, 0.4) is 0 Å². The van der Waals surface area contributed by atoms with Crippen LogP contribution in [0.15, 0.2) is 0 Å². The normalized spacial score (nSPS) is 11.1. The minimum atomic E-state index is 0.132. The highest BCUT2D eigenvalue weighted by Crippen LogP contribution is 2.05. The standard InChI is InChI=1S/C15H29N3O/c1-13(2)11-18(12-14(3)4)10-7-15(19)17(5)9-6-8-16/h13-14H,6-7,9-12H2,1-5H3. The van der Waals surface area contributed by atoms with E-state index in [4.69, 9.17) is 5.26 Å². The molecule has 0 aromatic carbocycles. The third-order valence-electron chi connectivity index (χ3n) is 2.87. The van der Waals surface area contributed by atoms with Gasteiger partial charge >= 0.3 is 0 Å². The van der Waals surface area contributed by atoms with Crippen molar-refractivity contribution in [3.05, 3.63) is 0 Å². The first-order valence-corrected chi connectivity index (χ1v) is 7.20. The second-order valence-electron chi connectivity index (χ2n) is 6.02. The number of nitrogens with zero attached hydrogens (tertiary/aromatic N) is 3. The van der Waals surface area contributed by atoms with Crippen LogP contribution in [-0.2, 0) is 4.79 Å². The number of amides is 1. The molecule has 0 saturated carbocycles. The number of carbonyl (C=O) groups is 1. The summed E-state index contributed by atoms with van der Waals surface area (Å²) in [6.45, 7) is 12.2. The van der Waals surface area contributed by atoms with E-state index >= 15 is 0 Å². The van der Waals surface area contributed by atoms with Gasteiger partial charge in [0, 0.05) is 39.6 Å². The summed E-state index contributed by atoms with van der Waals surface area (Å²) < 4.78 is 0. The van der Waals surface area contributed by atoms with Crippen molar-refractivity contribution in [3.63, 3.8) is 0 Å². The van der Waals surface area contributed by atoms with E-state index in [0.717, 1.165) is 19.6 Å². The van der Waals surface area contributed by atoms with Crippen LogP contribution < -0.4 is 0 Å². The maximum absolute atomic E-state index is 11.9. The molecule has 0 rings (SSSR count). The molecule has 0 N–H and O–H groups in total. The molecule has 0 aromatic rings. The van der Waals surface area contributed by atoms with Gasteiger partial charge in [-0.2, -0.15) is 5.26 Å². The molecule has 4 nitrogen and oxygen atoms in total. The Bertz CT molecular complexity index is 284. The molecule has 0 radical (unpaired) electrons. The Labute approximate surface area is 118 Å². The van der Waals surface area contributed by atoms with Crippen molar-refractivity contribution in [2.45, 2.75) is 40.5 Å². The molecule has 4 heteroatoms. The molecule has 0 unspecified atom stereocenters. The van der Waals surface area contributed by atoms with E-state index in [9.17, 15) is 4.79 Å². The fraction of sp³-hybridized carbons (Fsp3) is 0.867. The summed E-state index contributed by atoms with van der Waals surface area (Å²) in [4.78, 5) is 15.9. The summed E-state index contributed by atoms with van der Waals surface area (Å²) in [6, 6.07) is 2.07. The van der Waals surface area contributed by atoms with E-state index in [2.05, 4.69) is 38.7 Å². The van der Waals surface area contributed by atoms with E-state index in [1.807, 2.05) is 0 Å². The van der Waals surface area contributed by atoms with Gasteiger partial charge in [0.15, 0.2) is 0 Å². The van der Waals surface area contributed by atoms with Crippen LogP contribution in [0.1, 0.15) is 40.5 Å². The Morgan fingerprint density at radius 3 is 2.05 bits per heavy atom. The third-order valence-corrected chi connectivity index (χ3v) is 2.87. The van der Waals surface area contributed by atoms with Crippen LogP contribution in [0.25, 0.3) is 0 Å². The number of rotatable bonds is 9. The smallest absolute Gasteiger partial charge is 0.223 e. The van der Waals surface area contributed by atoms with E-state index < -0.39 is 0 Å². The molecule has 0 aliphatic heterocycles. The molecule has 0 bridgehead atoms. The number of nitriles is 1. The Hall–Kier alpha value is -1.08. The molecule has 0 heterocycles. The van der Waals surface area contributed by atoms with E-state index in [1.54, 1.807) is 11.9 Å². The van der Waals surface area contributed by atoms with Gasteiger partial charge in [0.25, 0.3) is 0 Å². The van der Waals surface area contributed by atoms with Crippen molar-refractivity contribution in [3.8, 4) is 6.07 Å². The zero-order valence-electron chi connectivity index (χ0n) is 13.1. The average molecular weight is 267 g/mol. The Morgan fingerprint density at radius 2 is 1.63 bits per heavy atom. The van der Waals surface area contributed by atoms with Gasteiger partial charge in [-0.05, 0) is 11.8 Å². The zero-order chi connectivity index (χ0) is 14.8. The molecule has 19 heavy (non-hydrogen) atoms. The Balaban J connectivity index is 4.15. The summed E-state index contributed by atoms with van der Waals surface area (Å²) in [5.74, 6) is 1.36. The zero-order valence-corrected chi connectivity index (χ0v) is 13.1. The van der Waals surface area contributed by atoms with Gasteiger partial charge in [-0.1, -0.05) is 27.7 Å². The minimum absolute atomic E-state index is 0.132. The summed E-state index contributed by atoms with van der Waals surface area (Å²) >= 11 is 0. The van der Waals surface area contributed by atoms with Gasteiger partial charge in [0.05, 0.1) is 12.5 Å². The van der Waals surface area contributed by atoms with Crippen LogP contribution in [0, 0.1) is 23.2 Å². The molecule has 0 aliphatic carbocycles. The summed E-state index contributed by atoms with van der Waals surface area (Å²) in [5.41, 5.74) is 0. The van der Waals surface area contributed by atoms with Crippen LogP contribution in [0.2, 0.25) is 0 Å². The molecular weight excluding hydrogens is 238 g/mol. The van der Waals surface area contributed by atoms with Crippen molar-refractivity contribution in [2.75, 3.05) is 33.2 Å². The molecule has 0 spiro atoms. The van der Waals surface area contributed by atoms with Gasteiger partial charge in [0.1, 0.15) is 0 Å². The van der Waals surface area contributed by atoms with Crippen molar-refractivity contribution in [1.29, 1.82) is 5.26 Å². The second-order valence-corrected chi connectivity index (χ2v) is 6.02. The Morgan fingerprint density at radius 1 is 1.11 bits per heavy atom. The van der Waals surface area contributed by atoms with Crippen molar-refractivity contribution in [1.82, 2.24) is 9.80 Å². The van der Waals surface area contributed by atoms with Crippen LogP contribution >= 0.6 is 0 Å². The molecule has 0 atom stereocenters. The lowest BCUT2D eigenvalue weighted by atomic mass is 10.1. The fourth-order valence-electron chi connectivity index (χ4n) is 2.08. The van der Waals surface area contributed by atoms with Gasteiger partial charge in [-0.3, -0.25) is 4.79 Å². The highest BCUT2D eigenvalue weighted by Gasteiger charge is 2.13. The molecule has 1 amide bonds. The van der Waals surface area contributed by atoms with E-state index in [-0.39, 0.29) is 5.91 Å². The van der Waals surface area contributed by atoms with Crippen molar-refractivity contribution < 1.29 is 4.79 Å². The third kappa shape index (κ3) is 9.49. The van der Waals surface area contributed by atoms with Crippen molar-refractivity contribution >= 4 is 5.91 Å². The summed E-state index contributed by atoms with van der Waals surface area (Å²) in [5, 5.41) is 8.52. The second kappa shape index (κ2) is 9.80. The molecule has 0 aromatic heterocycles. The molecule has 0 aliphatic rings. The molecular formula is C15H29N3O. The van der Waals surface area contributed by atoms with Gasteiger partial charge in [0.2, 0.25) is 5.91 Å². The van der Waals surface area contributed by atoms with Gasteiger partial charge in [-0.25, -0.2) is 0 Å². The maximum Gasteiger partial charge on any atom is 0.223 e. The largest absolute Gasteiger partial charge is 0.345 e. The maximum atomic E-state index is 11.9. The lowest BCUT2D eigenvalue weighted by Gasteiger charge is -2.26. The van der Waals surface area contributed by atoms with Crippen LogP contribution in [0.4, 0.5) is 0 Å². The van der Waals surface area contributed by atoms with E-state index in [0.29, 0.717) is 31.2 Å². The highest BCUT2D eigenvalue weighted by molar-refractivity contribution is 5.76. The molecule has 0 fully saturated rings. The topological polar surface area (TPSA) is 47.3 Å². The number of hydrogen-bond donors (Lipinski definition) is 0.